The second kappa shape index (κ2) is 3.05. The first-order valence-electron chi connectivity index (χ1n) is 5.69. The number of hydrogen-bond acceptors (Lipinski definition) is 3. The van der Waals surface area contributed by atoms with E-state index in [1.807, 2.05) is 12.1 Å². The lowest BCUT2D eigenvalue weighted by molar-refractivity contribution is 0.576. The number of nitrogen functional groups attached to an aromatic ring is 2. The number of rotatable bonds is 1. The van der Waals surface area contributed by atoms with Gasteiger partial charge >= 0.3 is 0 Å². The molecule has 0 radical (unpaired) electrons. The Labute approximate surface area is 90.0 Å². The molecule has 3 nitrogen and oxygen atoms in total. The van der Waals surface area contributed by atoms with E-state index in [1.165, 1.54) is 31.4 Å². The lowest BCUT2D eigenvalue weighted by Crippen LogP contribution is -2.27. The van der Waals surface area contributed by atoms with Gasteiger partial charge in [0, 0.05) is 17.8 Å². The smallest absolute Gasteiger partial charge is 0.0568 e. The third-order valence-corrected chi connectivity index (χ3v) is 3.82. The largest absolute Gasteiger partial charge is 0.397 e. The molecule has 0 aromatic heterocycles. The van der Waals surface area contributed by atoms with Crippen LogP contribution in [0.2, 0.25) is 0 Å². The first-order chi connectivity index (χ1) is 7.25. The van der Waals surface area contributed by atoms with Crippen LogP contribution in [0.3, 0.4) is 0 Å². The number of benzene rings is 1. The second-order valence-electron chi connectivity index (χ2n) is 4.68. The summed E-state index contributed by atoms with van der Waals surface area (Å²) in [7, 11) is 0. The summed E-state index contributed by atoms with van der Waals surface area (Å²) < 4.78 is 0. The van der Waals surface area contributed by atoms with E-state index < -0.39 is 0 Å². The number of nitrogens with zero attached hydrogens (tertiary/aromatic N) is 1. The first-order valence-corrected chi connectivity index (χ1v) is 5.69. The molecule has 0 atom stereocenters. The lowest BCUT2D eigenvalue weighted by Gasteiger charge is -2.25. The van der Waals surface area contributed by atoms with Crippen LogP contribution in [0.1, 0.15) is 25.7 Å². The molecule has 1 aromatic rings. The van der Waals surface area contributed by atoms with Crippen LogP contribution in [0.5, 0.6) is 0 Å². The second-order valence-corrected chi connectivity index (χ2v) is 4.68. The van der Waals surface area contributed by atoms with Crippen molar-refractivity contribution in [3.63, 3.8) is 0 Å². The first kappa shape index (κ1) is 8.89. The van der Waals surface area contributed by atoms with E-state index >= 15 is 0 Å². The van der Waals surface area contributed by atoms with Crippen molar-refractivity contribution in [2.24, 2.45) is 0 Å². The molecule has 0 aliphatic carbocycles. The summed E-state index contributed by atoms with van der Waals surface area (Å²) in [6.07, 6.45) is 5.37. The Bertz CT molecular complexity index is 368. The fourth-order valence-electron chi connectivity index (χ4n) is 3.06. The molecule has 0 saturated carbocycles. The van der Waals surface area contributed by atoms with Crippen molar-refractivity contribution in [2.75, 3.05) is 16.4 Å². The highest BCUT2D eigenvalue weighted by Crippen LogP contribution is 2.41. The average molecular weight is 203 g/mol. The highest BCUT2D eigenvalue weighted by molar-refractivity contribution is 5.70. The normalized spacial score (nSPS) is 28.7. The Hall–Kier alpha value is -1.38. The van der Waals surface area contributed by atoms with E-state index in [9.17, 15) is 0 Å². The molecule has 0 unspecified atom stereocenters. The molecule has 2 aliphatic heterocycles. The summed E-state index contributed by atoms with van der Waals surface area (Å²) in [6, 6.07) is 7.53. The van der Waals surface area contributed by atoms with Gasteiger partial charge in [0.05, 0.1) is 11.4 Å². The number of anilines is 3. The average Bonchev–Trinajstić information content (AvgIpc) is 2.81. The SMILES string of the molecule is Nc1ccc(N2C3CCC2CC3)cc1N. The van der Waals surface area contributed by atoms with Gasteiger partial charge in [-0.1, -0.05) is 0 Å². The predicted octanol–water partition coefficient (Wildman–Crippen LogP) is 1.98. The van der Waals surface area contributed by atoms with Crippen molar-refractivity contribution in [3.8, 4) is 0 Å². The molecular formula is C12H17N3. The fourth-order valence-corrected chi connectivity index (χ4v) is 3.06. The standard InChI is InChI=1S/C12H17N3/c13-11-6-5-10(7-12(11)14)15-8-1-2-9(15)4-3-8/h5-9H,1-4,13-14H2. The monoisotopic (exact) mass is 203 g/mol. The topological polar surface area (TPSA) is 55.3 Å². The van der Waals surface area contributed by atoms with Crippen molar-refractivity contribution in [3.05, 3.63) is 18.2 Å². The highest BCUT2D eigenvalue weighted by Gasteiger charge is 2.39. The maximum absolute atomic E-state index is 5.85. The Kier molecular flexibility index (Phi) is 1.81. The van der Waals surface area contributed by atoms with Gasteiger partial charge in [0.15, 0.2) is 0 Å². The molecule has 3 heteroatoms. The van der Waals surface area contributed by atoms with Crippen LogP contribution in [0.4, 0.5) is 17.1 Å². The van der Waals surface area contributed by atoms with E-state index in [2.05, 4.69) is 11.0 Å². The maximum atomic E-state index is 5.85. The van der Waals surface area contributed by atoms with Gasteiger partial charge in [-0.2, -0.15) is 0 Å². The van der Waals surface area contributed by atoms with Gasteiger partial charge in [0.25, 0.3) is 0 Å². The zero-order valence-electron chi connectivity index (χ0n) is 8.82. The number of nitrogens with two attached hydrogens (primary N) is 2. The number of fused-ring (bicyclic) bond motifs is 2. The van der Waals surface area contributed by atoms with Crippen LogP contribution in [0.25, 0.3) is 0 Å². The summed E-state index contributed by atoms with van der Waals surface area (Å²) in [5.41, 5.74) is 14.2. The molecule has 2 bridgehead atoms. The van der Waals surface area contributed by atoms with Gasteiger partial charge in [-0.25, -0.2) is 0 Å². The molecule has 2 heterocycles. The van der Waals surface area contributed by atoms with Crippen LogP contribution < -0.4 is 16.4 Å². The highest BCUT2D eigenvalue weighted by atomic mass is 15.2. The van der Waals surface area contributed by atoms with Crippen LogP contribution in [0.15, 0.2) is 18.2 Å². The van der Waals surface area contributed by atoms with E-state index in [0.29, 0.717) is 11.4 Å². The summed E-state index contributed by atoms with van der Waals surface area (Å²) in [5, 5.41) is 0. The Balaban J connectivity index is 1.96. The van der Waals surface area contributed by atoms with Gasteiger partial charge in [-0.3, -0.25) is 0 Å². The van der Waals surface area contributed by atoms with E-state index in [4.69, 9.17) is 11.5 Å². The van der Waals surface area contributed by atoms with Crippen LogP contribution in [-0.4, -0.2) is 12.1 Å². The minimum absolute atomic E-state index is 0.685. The Morgan fingerprint density at radius 3 is 2.07 bits per heavy atom. The summed E-state index contributed by atoms with van der Waals surface area (Å²) in [5.74, 6) is 0. The molecule has 3 rings (SSSR count). The summed E-state index contributed by atoms with van der Waals surface area (Å²) in [4.78, 5) is 2.54. The Morgan fingerprint density at radius 1 is 0.933 bits per heavy atom. The molecule has 4 N–H and O–H groups in total. The fraction of sp³-hybridized carbons (Fsp3) is 0.500. The van der Waals surface area contributed by atoms with Gasteiger partial charge in [0.1, 0.15) is 0 Å². The van der Waals surface area contributed by atoms with Crippen molar-refractivity contribution < 1.29 is 0 Å². The summed E-state index contributed by atoms with van der Waals surface area (Å²) >= 11 is 0. The Morgan fingerprint density at radius 2 is 1.53 bits per heavy atom. The number of hydrogen-bond donors (Lipinski definition) is 2. The molecule has 2 fully saturated rings. The van der Waals surface area contributed by atoms with Crippen molar-refractivity contribution >= 4 is 17.1 Å². The molecule has 80 valence electrons. The quantitative estimate of drug-likeness (QED) is 0.686. The lowest BCUT2D eigenvalue weighted by atomic mass is 10.0. The van der Waals surface area contributed by atoms with Gasteiger partial charge in [-0.05, 0) is 43.9 Å². The summed E-state index contributed by atoms with van der Waals surface area (Å²) in [6.45, 7) is 0. The van der Waals surface area contributed by atoms with Crippen molar-refractivity contribution in [1.82, 2.24) is 0 Å². The van der Waals surface area contributed by atoms with E-state index in [-0.39, 0.29) is 0 Å². The van der Waals surface area contributed by atoms with E-state index in [1.54, 1.807) is 0 Å². The van der Waals surface area contributed by atoms with Crippen molar-refractivity contribution in [2.45, 2.75) is 37.8 Å². The third-order valence-electron chi connectivity index (χ3n) is 3.82. The van der Waals surface area contributed by atoms with Crippen LogP contribution >= 0.6 is 0 Å². The molecular weight excluding hydrogens is 186 g/mol. The minimum atomic E-state index is 0.685. The predicted molar refractivity (Wildman–Crippen MR) is 63.8 cm³/mol. The molecule has 1 aromatic carbocycles. The molecule has 2 saturated heterocycles. The van der Waals surface area contributed by atoms with E-state index in [0.717, 1.165) is 12.1 Å². The molecule has 0 amide bonds. The molecule has 0 spiro atoms. The van der Waals surface area contributed by atoms with Gasteiger partial charge in [0.2, 0.25) is 0 Å². The van der Waals surface area contributed by atoms with Gasteiger partial charge < -0.3 is 16.4 Å². The van der Waals surface area contributed by atoms with Crippen LogP contribution in [-0.2, 0) is 0 Å². The molecule has 2 aliphatic rings. The van der Waals surface area contributed by atoms with Crippen molar-refractivity contribution in [1.29, 1.82) is 0 Å². The zero-order chi connectivity index (χ0) is 10.4. The minimum Gasteiger partial charge on any atom is -0.397 e. The molecule has 15 heavy (non-hydrogen) atoms. The maximum Gasteiger partial charge on any atom is 0.0568 e. The van der Waals surface area contributed by atoms with Gasteiger partial charge in [-0.15, -0.1) is 0 Å². The van der Waals surface area contributed by atoms with Crippen LogP contribution in [0, 0.1) is 0 Å². The third kappa shape index (κ3) is 1.26. The zero-order valence-corrected chi connectivity index (χ0v) is 8.82.